The largest absolute Gasteiger partial charge is 0.383 e. The molecule has 76 valence electrons. The second kappa shape index (κ2) is 2.90. The van der Waals surface area contributed by atoms with Gasteiger partial charge in [-0.2, -0.15) is 0 Å². The van der Waals surface area contributed by atoms with Crippen LogP contribution >= 0.6 is 0 Å². The van der Waals surface area contributed by atoms with Crippen molar-refractivity contribution in [3.8, 4) is 0 Å². The number of anilines is 2. The molecule has 2 rings (SSSR count). The van der Waals surface area contributed by atoms with E-state index in [0.717, 1.165) is 12.8 Å². The van der Waals surface area contributed by atoms with Gasteiger partial charge in [-0.05, 0) is 12.8 Å². The fraction of sp³-hybridized carbons (Fsp3) is 0.500. The van der Waals surface area contributed by atoms with E-state index in [9.17, 15) is 9.59 Å². The van der Waals surface area contributed by atoms with E-state index in [1.807, 2.05) is 0 Å². The minimum absolute atomic E-state index is 0.159. The zero-order valence-corrected chi connectivity index (χ0v) is 7.83. The molecule has 1 aliphatic rings. The Hall–Kier alpha value is -1.72. The van der Waals surface area contributed by atoms with Crippen LogP contribution in [-0.4, -0.2) is 16.6 Å². The van der Waals surface area contributed by atoms with Crippen molar-refractivity contribution in [2.45, 2.75) is 18.9 Å². The van der Waals surface area contributed by atoms with Gasteiger partial charge < -0.3 is 11.1 Å². The van der Waals surface area contributed by atoms with E-state index in [-0.39, 0.29) is 17.5 Å². The number of nitrogens with zero attached hydrogens (tertiary/aromatic N) is 1. The monoisotopic (exact) mass is 196 g/mol. The zero-order chi connectivity index (χ0) is 10.3. The van der Waals surface area contributed by atoms with Crippen LogP contribution in [0.15, 0.2) is 9.59 Å². The molecule has 0 aliphatic heterocycles. The van der Waals surface area contributed by atoms with Crippen LogP contribution in [0.1, 0.15) is 18.9 Å². The second-order valence-electron chi connectivity index (χ2n) is 3.37. The first-order valence-corrected chi connectivity index (χ1v) is 4.47. The van der Waals surface area contributed by atoms with Gasteiger partial charge in [-0.15, -0.1) is 0 Å². The standard InChI is InChI=1S/C8H12N4O2/c1-10-5-6(9)12(4-2-3-4)8(14)11-7(5)13/h4,10H,2-3,9H2,1H3,(H,11,13,14). The van der Waals surface area contributed by atoms with Crippen molar-refractivity contribution in [2.24, 2.45) is 0 Å². The molecule has 1 saturated carbocycles. The summed E-state index contributed by atoms with van der Waals surface area (Å²) in [5.74, 6) is 0.226. The van der Waals surface area contributed by atoms with Gasteiger partial charge >= 0.3 is 5.69 Å². The van der Waals surface area contributed by atoms with E-state index in [2.05, 4.69) is 10.3 Å². The van der Waals surface area contributed by atoms with E-state index in [1.54, 1.807) is 7.05 Å². The maximum absolute atomic E-state index is 11.4. The molecule has 14 heavy (non-hydrogen) atoms. The zero-order valence-electron chi connectivity index (χ0n) is 7.83. The van der Waals surface area contributed by atoms with Crippen molar-refractivity contribution < 1.29 is 0 Å². The van der Waals surface area contributed by atoms with Gasteiger partial charge in [0, 0.05) is 13.1 Å². The smallest absolute Gasteiger partial charge is 0.330 e. The van der Waals surface area contributed by atoms with E-state index in [4.69, 9.17) is 5.73 Å². The average Bonchev–Trinajstić information content (AvgIpc) is 2.88. The fourth-order valence-corrected chi connectivity index (χ4v) is 1.50. The minimum atomic E-state index is -0.466. The van der Waals surface area contributed by atoms with Gasteiger partial charge in [0.1, 0.15) is 11.5 Å². The lowest BCUT2D eigenvalue weighted by Gasteiger charge is -2.10. The first kappa shape index (κ1) is 8.86. The van der Waals surface area contributed by atoms with E-state index in [1.165, 1.54) is 4.57 Å². The Morgan fingerprint density at radius 3 is 2.64 bits per heavy atom. The summed E-state index contributed by atoms with van der Waals surface area (Å²) >= 11 is 0. The molecule has 0 radical (unpaired) electrons. The molecule has 1 heterocycles. The Kier molecular flexibility index (Phi) is 1.83. The van der Waals surface area contributed by atoms with E-state index in [0.29, 0.717) is 0 Å². The fourth-order valence-electron chi connectivity index (χ4n) is 1.50. The molecule has 1 fully saturated rings. The molecule has 0 atom stereocenters. The molecule has 0 aromatic carbocycles. The lowest BCUT2D eigenvalue weighted by atomic mass is 10.4. The third-order valence-electron chi connectivity index (χ3n) is 2.34. The number of H-pyrrole nitrogens is 1. The summed E-state index contributed by atoms with van der Waals surface area (Å²) in [5.41, 5.74) is 5.09. The maximum Gasteiger partial charge on any atom is 0.330 e. The van der Waals surface area contributed by atoms with Crippen LogP contribution in [0.25, 0.3) is 0 Å². The molecule has 1 aliphatic carbocycles. The van der Waals surface area contributed by atoms with Crippen LogP contribution in [0.3, 0.4) is 0 Å². The number of hydrogen-bond acceptors (Lipinski definition) is 4. The maximum atomic E-state index is 11.4. The predicted molar refractivity (Wildman–Crippen MR) is 53.6 cm³/mol. The third kappa shape index (κ3) is 1.19. The SMILES string of the molecule is CNc1c(N)n(C2CC2)c(=O)[nH]c1=O. The summed E-state index contributed by atoms with van der Waals surface area (Å²) in [7, 11) is 1.60. The minimum Gasteiger partial charge on any atom is -0.383 e. The van der Waals surface area contributed by atoms with Crippen LogP contribution in [0.5, 0.6) is 0 Å². The number of nitrogens with one attached hydrogen (secondary N) is 2. The van der Waals surface area contributed by atoms with Gasteiger partial charge in [0.05, 0.1) is 0 Å². The van der Waals surface area contributed by atoms with Gasteiger partial charge in [0.2, 0.25) is 0 Å². The molecule has 4 N–H and O–H groups in total. The normalized spacial score (nSPS) is 15.5. The van der Waals surface area contributed by atoms with Gasteiger partial charge in [0.15, 0.2) is 0 Å². The van der Waals surface area contributed by atoms with Gasteiger partial charge in [-0.1, -0.05) is 0 Å². The second-order valence-corrected chi connectivity index (χ2v) is 3.37. The number of nitrogen functional groups attached to an aromatic ring is 1. The first-order chi connectivity index (χ1) is 6.65. The van der Waals surface area contributed by atoms with Crippen LogP contribution in [0.2, 0.25) is 0 Å². The van der Waals surface area contributed by atoms with Crippen molar-refractivity contribution >= 4 is 11.5 Å². The van der Waals surface area contributed by atoms with Crippen molar-refractivity contribution in [2.75, 3.05) is 18.1 Å². The highest BCUT2D eigenvalue weighted by molar-refractivity contribution is 5.60. The van der Waals surface area contributed by atoms with Crippen molar-refractivity contribution in [1.82, 2.24) is 9.55 Å². The van der Waals surface area contributed by atoms with Gasteiger partial charge in [-0.25, -0.2) is 4.79 Å². The Morgan fingerprint density at radius 2 is 2.14 bits per heavy atom. The molecule has 1 aromatic heterocycles. The highest BCUT2D eigenvalue weighted by Gasteiger charge is 2.28. The lowest BCUT2D eigenvalue weighted by Crippen LogP contribution is -2.33. The number of hydrogen-bond donors (Lipinski definition) is 3. The van der Waals surface area contributed by atoms with Crippen LogP contribution in [0, 0.1) is 0 Å². The van der Waals surface area contributed by atoms with Crippen LogP contribution < -0.4 is 22.3 Å². The highest BCUT2D eigenvalue weighted by atomic mass is 16.2. The van der Waals surface area contributed by atoms with Crippen LogP contribution in [-0.2, 0) is 0 Å². The molecule has 0 spiro atoms. The number of aromatic amines is 1. The van der Waals surface area contributed by atoms with E-state index >= 15 is 0 Å². The van der Waals surface area contributed by atoms with Gasteiger partial charge in [0.25, 0.3) is 5.56 Å². The third-order valence-corrected chi connectivity index (χ3v) is 2.34. The molecule has 0 amide bonds. The Morgan fingerprint density at radius 1 is 1.50 bits per heavy atom. The lowest BCUT2D eigenvalue weighted by molar-refractivity contribution is 0.689. The number of rotatable bonds is 2. The summed E-state index contributed by atoms with van der Waals surface area (Å²) < 4.78 is 1.44. The summed E-state index contributed by atoms with van der Waals surface area (Å²) in [4.78, 5) is 24.9. The predicted octanol–water partition coefficient (Wildman–Crippen LogP) is -0.505. The molecular formula is C8H12N4O2. The average molecular weight is 196 g/mol. The molecule has 6 nitrogen and oxygen atoms in total. The molecule has 6 heteroatoms. The molecule has 0 saturated heterocycles. The molecule has 0 bridgehead atoms. The molecular weight excluding hydrogens is 184 g/mol. The summed E-state index contributed by atoms with van der Waals surface area (Å²) in [5, 5.41) is 2.69. The Labute approximate surface area is 79.7 Å². The Balaban J connectivity index is 2.70. The highest BCUT2D eigenvalue weighted by Crippen LogP contribution is 2.35. The molecule has 0 unspecified atom stereocenters. The van der Waals surface area contributed by atoms with Gasteiger partial charge in [-0.3, -0.25) is 14.3 Å². The van der Waals surface area contributed by atoms with Crippen molar-refractivity contribution in [3.05, 3.63) is 20.8 Å². The van der Waals surface area contributed by atoms with Crippen molar-refractivity contribution in [3.63, 3.8) is 0 Å². The number of nitrogens with two attached hydrogens (primary N) is 1. The molecule has 1 aromatic rings. The quantitative estimate of drug-likeness (QED) is 0.594. The topological polar surface area (TPSA) is 92.9 Å². The summed E-state index contributed by atoms with van der Waals surface area (Å²) in [6.45, 7) is 0. The van der Waals surface area contributed by atoms with E-state index < -0.39 is 11.2 Å². The number of aromatic nitrogens is 2. The van der Waals surface area contributed by atoms with Crippen LogP contribution in [0.4, 0.5) is 11.5 Å². The summed E-state index contributed by atoms with van der Waals surface area (Å²) in [6, 6.07) is 0.159. The summed E-state index contributed by atoms with van der Waals surface area (Å²) in [6.07, 6.45) is 1.89. The van der Waals surface area contributed by atoms with Crippen molar-refractivity contribution in [1.29, 1.82) is 0 Å². The Bertz CT molecular complexity index is 469. The first-order valence-electron chi connectivity index (χ1n) is 4.47.